The molecule has 3 aliphatic rings. The number of piperidine rings is 1. The van der Waals surface area contributed by atoms with Crippen LogP contribution in [0.4, 0.5) is 16.6 Å². The highest BCUT2D eigenvalue weighted by molar-refractivity contribution is 5.66. The Hall–Kier alpha value is -2.05. The van der Waals surface area contributed by atoms with Gasteiger partial charge in [0.05, 0.1) is 11.7 Å². The number of nitrogens with zero attached hydrogens (tertiary/aromatic N) is 4. The van der Waals surface area contributed by atoms with E-state index in [4.69, 9.17) is 5.73 Å². The molecule has 136 valence electrons. The van der Waals surface area contributed by atoms with Gasteiger partial charge >= 0.3 is 6.09 Å². The summed E-state index contributed by atoms with van der Waals surface area (Å²) in [5.41, 5.74) is 8.34. The van der Waals surface area contributed by atoms with Gasteiger partial charge in [-0.05, 0) is 38.0 Å². The summed E-state index contributed by atoms with van der Waals surface area (Å²) in [4.78, 5) is 24.6. The van der Waals surface area contributed by atoms with Crippen molar-refractivity contribution in [3.63, 3.8) is 0 Å². The zero-order chi connectivity index (χ0) is 17.8. The number of hydrogen-bond donors (Lipinski definition) is 2. The molecular weight excluding hydrogens is 318 g/mol. The third-order valence-corrected chi connectivity index (χ3v) is 6.20. The van der Waals surface area contributed by atoms with E-state index in [1.54, 1.807) is 4.90 Å². The quantitative estimate of drug-likeness (QED) is 0.810. The fraction of sp³-hybridized carbons (Fsp3) is 0.722. The Balaban J connectivity index is 1.69. The summed E-state index contributed by atoms with van der Waals surface area (Å²) in [6.07, 6.45) is 4.43. The molecule has 2 saturated heterocycles. The van der Waals surface area contributed by atoms with Crippen LogP contribution in [-0.4, -0.2) is 51.7 Å². The average Bonchev–Trinajstić information content (AvgIpc) is 2.98. The topological polar surface area (TPSA) is 95.6 Å². The van der Waals surface area contributed by atoms with Gasteiger partial charge in [0.2, 0.25) is 5.95 Å². The highest BCUT2D eigenvalue weighted by Crippen LogP contribution is 2.41. The van der Waals surface area contributed by atoms with Crippen molar-refractivity contribution in [2.45, 2.75) is 57.4 Å². The van der Waals surface area contributed by atoms with Crippen molar-refractivity contribution in [3.8, 4) is 0 Å². The number of carbonyl (C=O) groups is 1. The molecule has 0 aromatic carbocycles. The van der Waals surface area contributed by atoms with Gasteiger partial charge in [0.15, 0.2) is 0 Å². The van der Waals surface area contributed by atoms with Crippen LogP contribution in [0.15, 0.2) is 0 Å². The molecule has 0 saturated carbocycles. The first-order valence-electron chi connectivity index (χ1n) is 9.28. The molecule has 1 aromatic rings. The maximum atomic E-state index is 11.6. The molecule has 7 heteroatoms. The van der Waals surface area contributed by atoms with Gasteiger partial charge in [-0.2, -0.15) is 4.98 Å². The second kappa shape index (κ2) is 5.75. The number of amides is 1. The Morgan fingerprint density at radius 3 is 2.84 bits per heavy atom. The lowest BCUT2D eigenvalue weighted by molar-refractivity contribution is 0.0965. The molecule has 2 aliphatic heterocycles. The Labute approximate surface area is 148 Å². The van der Waals surface area contributed by atoms with E-state index in [2.05, 4.69) is 28.7 Å². The SMILES string of the molecule is CC1(C)CCCc2c(N3C[C@H]4CCCN(C(=O)O)[C@H]4C3)nc(N)nc21. The van der Waals surface area contributed by atoms with E-state index in [0.29, 0.717) is 25.0 Å². The minimum atomic E-state index is -0.804. The first-order chi connectivity index (χ1) is 11.9. The number of likely N-dealkylation sites (tertiary alicyclic amines) is 1. The third kappa shape index (κ3) is 2.69. The van der Waals surface area contributed by atoms with Crippen molar-refractivity contribution in [1.29, 1.82) is 0 Å². The van der Waals surface area contributed by atoms with Crippen LogP contribution in [0.1, 0.15) is 50.8 Å². The van der Waals surface area contributed by atoms with Gasteiger partial charge in [-0.1, -0.05) is 13.8 Å². The Bertz CT molecular complexity index is 705. The molecule has 0 unspecified atom stereocenters. The number of rotatable bonds is 1. The molecule has 0 spiro atoms. The molecule has 3 N–H and O–H groups in total. The Kier molecular flexibility index (Phi) is 3.77. The molecule has 0 bridgehead atoms. The van der Waals surface area contributed by atoms with Crippen LogP contribution >= 0.6 is 0 Å². The van der Waals surface area contributed by atoms with Crippen molar-refractivity contribution in [2.75, 3.05) is 30.3 Å². The fourth-order valence-electron chi connectivity index (χ4n) is 4.96. The summed E-state index contributed by atoms with van der Waals surface area (Å²) >= 11 is 0. The molecule has 3 heterocycles. The lowest BCUT2D eigenvalue weighted by atomic mass is 9.76. The van der Waals surface area contributed by atoms with Gasteiger partial charge in [-0.3, -0.25) is 0 Å². The van der Waals surface area contributed by atoms with E-state index in [-0.39, 0.29) is 11.5 Å². The van der Waals surface area contributed by atoms with Crippen LogP contribution in [0, 0.1) is 5.92 Å². The number of fused-ring (bicyclic) bond motifs is 2. The largest absolute Gasteiger partial charge is 0.465 e. The van der Waals surface area contributed by atoms with Crippen molar-refractivity contribution in [2.24, 2.45) is 5.92 Å². The van der Waals surface area contributed by atoms with Gasteiger partial charge in [0.1, 0.15) is 5.82 Å². The molecule has 0 radical (unpaired) electrons. The lowest BCUT2D eigenvalue weighted by Crippen LogP contribution is -2.47. The standard InChI is InChI=1S/C18H27N5O2/c1-18(2)7-3-6-12-14(18)20-16(19)21-15(12)22-9-11-5-4-8-23(17(24)25)13(11)10-22/h11,13H,3-10H2,1-2H3,(H,24,25)(H2,19,20,21)/t11-,13+/m1/s1. The smallest absolute Gasteiger partial charge is 0.407 e. The Morgan fingerprint density at radius 1 is 1.28 bits per heavy atom. The summed E-state index contributed by atoms with van der Waals surface area (Å²) in [5, 5.41) is 9.51. The summed E-state index contributed by atoms with van der Waals surface area (Å²) in [6.45, 7) is 6.65. The molecular formula is C18H27N5O2. The summed E-state index contributed by atoms with van der Waals surface area (Å²) in [7, 11) is 0. The van der Waals surface area contributed by atoms with E-state index >= 15 is 0 Å². The van der Waals surface area contributed by atoms with Crippen LogP contribution in [-0.2, 0) is 11.8 Å². The van der Waals surface area contributed by atoms with E-state index in [0.717, 1.165) is 50.2 Å². The summed E-state index contributed by atoms with van der Waals surface area (Å²) < 4.78 is 0. The molecule has 2 atom stereocenters. The normalized spacial score (nSPS) is 27.8. The van der Waals surface area contributed by atoms with Crippen LogP contribution in [0.3, 0.4) is 0 Å². The average molecular weight is 345 g/mol. The fourth-order valence-corrected chi connectivity index (χ4v) is 4.96. The van der Waals surface area contributed by atoms with Gasteiger partial charge in [0, 0.05) is 30.6 Å². The zero-order valence-electron chi connectivity index (χ0n) is 15.0. The summed E-state index contributed by atoms with van der Waals surface area (Å²) in [5.74, 6) is 1.65. The second-order valence-electron chi connectivity index (χ2n) is 8.32. The number of nitrogens with two attached hydrogens (primary N) is 1. The van der Waals surface area contributed by atoms with Crippen LogP contribution in [0.25, 0.3) is 0 Å². The molecule has 1 amide bonds. The maximum Gasteiger partial charge on any atom is 0.407 e. The highest BCUT2D eigenvalue weighted by Gasteiger charge is 2.43. The number of anilines is 2. The van der Waals surface area contributed by atoms with Gasteiger partial charge in [0.25, 0.3) is 0 Å². The number of nitrogen functional groups attached to an aromatic ring is 1. The van der Waals surface area contributed by atoms with Crippen molar-refractivity contribution in [3.05, 3.63) is 11.3 Å². The van der Waals surface area contributed by atoms with E-state index < -0.39 is 6.09 Å². The van der Waals surface area contributed by atoms with Crippen molar-refractivity contribution >= 4 is 17.9 Å². The lowest BCUT2D eigenvalue weighted by Gasteiger charge is -2.34. The first-order valence-corrected chi connectivity index (χ1v) is 9.28. The first kappa shape index (κ1) is 16.4. The van der Waals surface area contributed by atoms with Crippen LogP contribution < -0.4 is 10.6 Å². The van der Waals surface area contributed by atoms with E-state index in [1.807, 2.05) is 0 Å². The number of hydrogen-bond acceptors (Lipinski definition) is 5. The molecule has 2 fully saturated rings. The van der Waals surface area contributed by atoms with Gasteiger partial charge in [-0.15, -0.1) is 0 Å². The number of carboxylic acid groups (broad SMARTS) is 1. The van der Waals surface area contributed by atoms with Gasteiger partial charge < -0.3 is 20.6 Å². The molecule has 4 rings (SSSR count). The van der Waals surface area contributed by atoms with Crippen molar-refractivity contribution in [1.82, 2.24) is 14.9 Å². The van der Waals surface area contributed by atoms with E-state index in [9.17, 15) is 9.90 Å². The van der Waals surface area contributed by atoms with E-state index in [1.165, 1.54) is 5.56 Å². The van der Waals surface area contributed by atoms with Crippen molar-refractivity contribution < 1.29 is 9.90 Å². The maximum absolute atomic E-state index is 11.6. The number of aromatic nitrogens is 2. The van der Waals surface area contributed by atoms with Crippen LogP contribution in [0.2, 0.25) is 0 Å². The molecule has 25 heavy (non-hydrogen) atoms. The third-order valence-electron chi connectivity index (χ3n) is 6.20. The zero-order valence-corrected chi connectivity index (χ0v) is 15.0. The summed E-state index contributed by atoms with van der Waals surface area (Å²) in [6, 6.07) is 0.0645. The highest BCUT2D eigenvalue weighted by atomic mass is 16.4. The predicted octanol–water partition coefficient (Wildman–Crippen LogP) is 2.25. The van der Waals surface area contributed by atoms with Crippen LogP contribution in [0.5, 0.6) is 0 Å². The minimum absolute atomic E-state index is 0.0129. The Morgan fingerprint density at radius 2 is 2.08 bits per heavy atom. The minimum Gasteiger partial charge on any atom is -0.465 e. The molecule has 7 nitrogen and oxygen atoms in total. The monoisotopic (exact) mass is 345 g/mol. The van der Waals surface area contributed by atoms with Gasteiger partial charge in [-0.25, -0.2) is 9.78 Å². The molecule has 1 aromatic heterocycles. The molecule has 1 aliphatic carbocycles. The predicted molar refractivity (Wildman–Crippen MR) is 95.9 cm³/mol. The second-order valence-corrected chi connectivity index (χ2v) is 8.32.